The Balaban J connectivity index is 2.11. The molecule has 0 aliphatic rings. The predicted octanol–water partition coefficient (Wildman–Crippen LogP) is 4.33. The van der Waals surface area contributed by atoms with E-state index in [0.717, 1.165) is 18.2 Å². The van der Waals surface area contributed by atoms with Crippen LogP contribution in [0.15, 0.2) is 40.9 Å². The van der Waals surface area contributed by atoms with Crippen molar-refractivity contribution >= 4 is 50.8 Å². The molecule has 0 spiro atoms. The van der Waals surface area contributed by atoms with Crippen molar-refractivity contribution in [2.45, 2.75) is 13.0 Å². The molecule has 1 unspecified atom stereocenters. The molecule has 7 nitrogen and oxygen atoms in total. The fourth-order valence-electron chi connectivity index (χ4n) is 1.93. The summed E-state index contributed by atoms with van der Waals surface area (Å²) < 4.78 is 19.2. The van der Waals surface area contributed by atoms with Gasteiger partial charge >= 0.3 is 5.97 Å². The molecule has 0 aromatic heterocycles. The molecule has 0 aliphatic carbocycles. The number of benzene rings is 2. The topological polar surface area (TPSA) is 98.5 Å². The van der Waals surface area contributed by atoms with Gasteiger partial charge < -0.3 is 10.1 Å². The van der Waals surface area contributed by atoms with Gasteiger partial charge in [0, 0.05) is 15.6 Å². The average Bonchev–Trinajstić information content (AvgIpc) is 2.56. The highest BCUT2D eigenvalue weighted by atomic mass is 79.9. The van der Waals surface area contributed by atoms with Crippen LogP contribution in [0.3, 0.4) is 0 Å². The fraction of sp³-hybridized carbons (Fsp3) is 0.125. The molecular weight excluding hydrogens is 435 g/mol. The third-order valence-electron chi connectivity index (χ3n) is 3.22. The van der Waals surface area contributed by atoms with Crippen molar-refractivity contribution in [1.29, 1.82) is 0 Å². The number of ether oxygens (including phenoxy) is 1. The third kappa shape index (κ3) is 4.77. The lowest BCUT2D eigenvalue weighted by atomic mass is 10.2. The molecule has 1 amide bonds. The van der Waals surface area contributed by atoms with Crippen LogP contribution in [-0.2, 0) is 9.53 Å². The van der Waals surface area contributed by atoms with Gasteiger partial charge in [-0.25, -0.2) is 9.18 Å². The van der Waals surface area contributed by atoms with E-state index < -0.39 is 34.4 Å². The Morgan fingerprint density at radius 3 is 2.62 bits per heavy atom. The van der Waals surface area contributed by atoms with E-state index in [4.69, 9.17) is 16.3 Å². The highest BCUT2D eigenvalue weighted by Gasteiger charge is 2.26. The van der Waals surface area contributed by atoms with E-state index in [9.17, 15) is 24.1 Å². The van der Waals surface area contributed by atoms with E-state index in [1.807, 2.05) is 0 Å². The zero-order chi connectivity index (χ0) is 19.4. The van der Waals surface area contributed by atoms with Crippen molar-refractivity contribution in [1.82, 2.24) is 0 Å². The van der Waals surface area contributed by atoms with Crippen LogP contribution < -0.4 is 5.32 Å². The first kappa shape index (κ1) is 19.8. The number of carbonyl (C=O) groups excluding carboxylic acids is 2. The highest BCUT2D eigenvalue weighted by Crippen LogP contribution is 2.24. The van der Waals surface area contributed by atoms with Gasteiger partial charge in [0.05, 0.1) is 10.6 Å². The van der Waals surface area contributed by atoms with Crippen molar-refractivity contribution in [2.75, 3.05) is 5.32 Å². The lowest BCUT2D eigenvalue weighted by Crippen LogP contribution is -2.30. The van der Waals surface area contributed by atoms with E-state index >= 15 is 0 Å². The maximum Gasteiger partial charge on any atom is 0.345 e. The Hall–Kier alpha value is -2.52. The number of anilines is 1. The summed E-state index contributed by atoms with van der Waals surface area (Å²) >= 11 is 8.77. The van der Waals surface area contributed by atoms with Gasteiger partial charge in [0.2, 0.25) is 0 Å². The van der Waals surface area contributed by atoms with Gasteiger partial charge in [-0.2, -0.15) is 0 Å². The van der Waals surface area contributed by atoms with E-state index in [1.54, 1.807) is 0 Å². The Labute approximate surface area is 160 Å². The van der Waals surface area contributed by atoms with Gasteiger partial charge in [0.25, 0.3) is 11.6 Å². The average molecular weight is 446 g/mol. The first-order valence-corrected chi connectivity index (χ1v) is 8.27. The minimum absolute atomic E-state index is 0.0738. The molecule has 0 saturated heterocycles. The van der Waals surface area contributed by atoms with Gasteiger partial charge in [-0.15, -0.1) is 0 Å². The summed E-state index contributed by atoms with van der Waals surface area (Å²) in [6.45, 7) is 1.26. The van der Waals surface area contributed by atoms with E-state index in [2.05, 4.69) is 21.2 Å². The molecule has 0 saturated carbocycles. The monoisotopic (exact) mass is 444 g/mol. The molecule has 1 N–H and O–H groups in total. The number of halogens is 3. The molecule has 0 aliphatic heterocycles. The number of rotatable bonds is 5. The molecule has 2 aromatic carbocycles. The predicted molar refractivity (Wildman–Crippen MR) is 95.7 cm³/mol. The number of nitrogens with one attached hydrogen (secondary N) is 1. The number of carbonyl (C=O) groups is 2. The van der Waals surface area contributed by atoms with Crippen molar-refractivity contribution in [3.05, 3.63) is 67.4 Å². The van der Waals surface area contributed by atoms with Crippen LogP contribution >= 0.6 is 27.5 Å². The minimum atomic E-state index is -1.32. The normalized spacial score (nSPS) is 11.5. The number of nitro benzene ring substituents is 1. The van der Waals surface area contributed by atoms with Crippen LogP contribution in [0.2, 0.25) is 5.02 Å². The summed E-state index contributed by atoms with van der Waals surface area (Å²) in [7, 11) is 0. The Morgan fingerprint density at radius 2 is 2.00 bits per heavy atom. The second kappa shape index (κ2) is 8.24. The fourth-order valence-corrected chi connectivity index (χ4v) is 2.43. The summed E-state index contributed by atoms with van der Waals surface area (Å²) in [5.41, 5.74) is -0.999. The SMILES string of the molecule is CC(OC(=O)c1ccc(Cl)cc1[N+](=O)[O-])C(=O)Nc1ccc(Br)cc1F. The first-order valence-electron chi connectivity index (χ1n) is 7.10. The second-order valence-electron chi connectivity index (χ2n) is 5.08. The van der Waals surface area contributed by atoms with E-state index in [0.29, 0.717) is 4.47 Å². The number of hydrogen-bond donors (Lipinski definition) is 1. The molecule has 0 heterocycles. The maximum absolute atomic E-state index is 13.7. The molecule has 136 valence electrons. The summed E-state index contributed by atoms with van der Waals surface area (Å²) in [5.74, 6) is -2.55. The van der Waals surface area contributed by atoms with Gasteiger partial charge in [0.1, 0.15) is 11.4 Å². The summed E-state index contributed by atoms with van der Waals surface area (Å²) in [4.78, 5) is 34.4. The van der Waals surface area contributed by atoms with E-state index in [-0.39, 0.29) is 16.3 Å². The number of nitro groups is 1. The molecule has 10 heteroatoms. The van der Waals surface area contributed by atoms with E-state index in [1.165, 1.54) is 25.1 Å². The molecular formula is C16H11BrClFN2O5. The molecule has 1 atom stereocenters. The number of amides is 1. The van der Waals surface area contributed by atoms with Crippen molar-refractivity contribution in [2.24, 2.45) is 0 Å². The molecule has 2 rings (SSSR count). The van der Waals surface area contributed by atoms with Crippen LogP contribution in [0.25, 0.3) is 0 Å². The van der Waals surface area contributed by atoms with Crippen molar-refractivity contribution < 1.29 is 23.6 Å². The molecule has 2 aromatic rings. The Morgan fingerprint density at radius 1 is 1.31 bits per heavy atom. The van der Waals surface area contributed by atoms with Gasteiger partial charge in [-0.1, -0.05) is 27.5 Å². The number of nitrogens with zero attached hydrogens (tertiary/aromatic N) is 1. The lowest BCUT2D eigenvalue weighted by molar-refractivity contribution is -0.385. The molecule has 26 heavy (non-hydrogen) atoms. The van der Waals surface area contributed by atoms with Gasteiger partial charge in [-0.3, -0.25) is 14.9 Å². The quantitative estimate of drug-likeness (QED) is 0.419. The summed E-state index contributed by atoms with van der Waals surface area (Å²) in [5, 5.41) is 13.4. The third-order valence-corrected chi connectivity index (χ3v) is 3.95. The minimum Gasteiger partial charge on any atom is -0.449 e. The smallest absolute Gasteiger partial charge is 0.345 e. The van der Waals surface area contributed by atoms with Crippen LogP contribution in [0, 0.1) is 15.9 Å². The van der Waals surface area contributed by atoms with Gasteiger partial charge in [-0.05, 0) is 37.3 Å². The van der Waals surface area contributed by atoms with Crippen LogP contribution in [-0.4, -0.2) is 22.9 Å². The second-order valence-corrected chi connectivity index (χ2v) is 6.43. The molecule has 0 bridgehead atoms. The largest absolute Gasteiger partial charge is 0.449 e. The van der Waals surface area contributed by atoms with Crippen LogP contribution in [0.1, 0.15) is 17.3 Å². The van der Waals surface area contributed by atoms with Gasteiger partial charge in [0.15, 0.2) is 6.10 Å². The van der Waals surface area contributed by atoms with Crippen molar-refractivity contribution in [3.8, 4) is 0 Å². The summed E-state index contributed by atoms with van der Waals surface area (Å²) in [6.07, 6.45) is -1.32. The van der Waals surface area contributed by atoms with Crippen molar-refractivity contribution in [3.63, 3.8) is 0 Å². The first-order chi connectivity index (χ1) is 12.2. The van der Waals surface area contributed by atoms with Crippen LogP contribution in [0.5, 0.6) is 0 Å². The zero-order valence-corrected chi connectivity index (χ0v) is 15.5. The molecule has 0 fully saturated rings. The standard InChI is InChI=1S/C16H11BrClFN2O5/c1-8(15(22)20-13-5-2-9(17)6-12(13)19)26-16(23)11-4-3-10(18)7-14(11)21(24)25/h2-8H,1H3,(H,20,22). The maximum atomic E-state index is 13.7. The number of hydrogen-bond acceptors (Lipinski definition) is 5. The van der Waals surface area contributed by atoms with Crippen LogP contribution in [0.4, 0.5) is 15.8 Å². The summed E-state index contributed by atoms with van der Waals surface area (Å²) in [6, 6.07) is 7.42. The Kier molecular flexibility index (Phi) is 6.27. The lowest BCUT2D eigenvalue weighted by Gasteiger charge is -2.14. The highest BCUT2D eigenvalue weighted by molar-refractivity contribution is 9.10. The molecule has 0 radical (unpaired) electrons. The Bertz CT molecular complexity index is 893. The number of esters is 1. The zero-order valence-electron chi connectivity index (χ0n) is 13.2.